The molecule has 6 nitrogen and oxygen atoms in total. The highest BCUT2D eigenvalue weighted by Crippen LogP contribution is 2.27. The zero-order valence-electron chi connectivity index (χ0n) is 11.2. The van der Waals surface area contributed by atoms with Crippen LogP contribution in [0.3, 0.4) is 0 Å². The number of carbonyl (C=O) groups excluding carboxylic acids is 2. The average Bonchev–Trinajstić information content (AvgIpc) is 2.59. The molecule has 18 heavy (non-hydrogen) atoms. The number of hydrogen-bond acceptors (Lipinski definition) is 3. The van der Waals surface area contributed by atoms with Crippen molar-refractivity contribution in [2.45, 2.75) is 44.8 Å². The van der Waals surface area contributed by atoms with Gasteiger partial charge in [0.2, 0.25) is 0 Å². The fourth-order valence-electron chi connectivity index (χ4n) is 2.42. The van der Waals surface area contributed by atoms with Crippen molar-refractivity contribution in [2.24, 2.45) is 0 Å². The number of nitrogens with one attached hydrogen (secondary N) is 2. The molecular formula is C12H21N3O3. The predicted molar refractivity (Wildman–Crippen MR) is 66.3 cm³/mol. The third kappa shape index (κ3) is 2.86. The highest BCUT2D eigenvalue weighted by atomic mass is 16.6. The van der Waals surface area contributed by atoms with Crippen LogP contribution in [0.25, 0.3) is 0 Å². The Kier molecular flexibility index (Phi) is 3.12. The van der Waals surface area contributed by atoms with Gasteiger partial charge in [0.1, 0.15) is 5.60 Å². The van der Waals surface area contributed by atoms with E-state index in [0.717, 1.165) is 12.8 Å². The molecule has 1 atom stereocenters. The minimum atomic E-state index is -0.482. The van der Waals surface area contributed by atoms with E-state index in [0.29, 0.717) is 19.6 Å². The van der Waals surface area contributed by atoms with Crippen LogP contribution in [0.2, 0.25) is 0 Å². The Morgan fingerprint density at radius 2 is 2.11 bits per heavy atom. The summed E-state index contributed by atoms with van der Waals surface area (Å²) in [5.74, 6) is 0. The third-order valence-corrected chi connectivity index (χ3v) is 3.27. The van der Waals surface area contributed by atoms with Crippen molar-refractivity contribution >= 4 is 12.1 Å². The quantitative estimate of drug-likeness (QED) is 0.680. The van der Waals surface area contributed by atoms with Crippen LogP contribution in [-0.4, -0.2) is 47.8 Å². The van der Waals surface area contributed by atoms with Crippen molar-refractivity contribution in [3.63, 3.8) is 0 Å². The largest absolute Gasteiger partial charge is 0.444 e. The lowest BCUT2D eigenvalue weighted by Gasteiger charge is -2.34. The van der Waals surface area contributed by atoms with Gasteiger partial charge in [-0.05, 0) is 33.6 Å². The molecule has 6 heteroatoms. The Labute approximate surface area is 107 Å². The van der Waals surface area contributed by atoms with Gasteiger partial charge < -0.3 is 20.3 Å². The molecule has 2 N–H and O–H groups in total. The number of carbonyl (C=O) groups is 2. The summed E-state index contributed by atoms with van der Waals surface area (Å²) in [6.45, 7) is 7.38. The molecule has 2 aliphatic rings. The van der Waals surface area contributed by atoms with Gasteiger partial charge >= 0.3 is 12.1 Å². The number of nitrogens with zero attached hydrogens (tertiary/aromatic N) is 1. The Morgan fingerprint density at radius 1 is 1.39 bits per heavy atom. The molecule has 3 amide bonds. The summed E-state index contributed by atoms with van der Waals surface area (Å²) in [4.78, 5) is 25.0. The summed E-state index contributed by atoms with van der Waals surface area (Å²) in [5, 5.41) is 5.67. The number of ether oxygens (including phenoxy) is 1. The summed E-state index contributed by atoms with van der Waals surface area (Å²) < 4.78 is 5.34. The zero-order valence-corrected chi connectivity index (χ0v) is 11.2. The second kappa shape index (κ2) is 4.33. The Hall–Kier alpha value is -1.46. The molecule has 1 spiro atoms. The molecule has 2 rings (SSSR count). The molecule has 0 saturated carbocycles. The average molecular weight is 255 g/mol. The van der Waals surface area contributed by atoms with E-state index in [1.165, 1.54) is 0 Å². The van der Waals surface area contributed by atoms with E-state index >= 15 is 0 Å². The molecule has 102 valence electrons. The van der Waals surface area contributed by atoms with Gasteiger partial charge in [-0.15, -0.1) is 0 Å². The maximum absolute atomic E-state index is 11.9. The Morgan fingerprint density at radius 3 is 2.72 bits per heavy atom. The second-order valence-corrected chi connectivity index (χ2v) is 6.06. The Balaban J connectivity index is 1.95. The van der Waals surface area contributed by atoms with Gasteiger partial charge in [0.05, 0.1) is 5.54 Å². The van der Waals surface area contributed by atoms with Crippen molar-refractivity contribution in [1.82, 2.24) is 15.5 Å². The van der Waals surface area contributed by atoms with Gasteiger partial charge in [-0.3, -0.25) is 0 Å². The number of rotatable bonds is 0. The lowest BCUT2D eigenvalue weighted by Crippen LogP contribution is -2.59. The van der Waals surface area contributed by atoms with Gasteiger partial charge in [0.15, 0.2) is 0 Å². The van der Waals surface area contributed by atoms with Crippen LogP contribution in [0.5, 0.6) is 0 Å². The van der Waals surface area contributed by atoms with Crippen LogP contribution < -0.4 is 10.6 Å². The van der Waals surface area contributed by atoms with Crippen molar-refractivity contribution in [3.05, 3.63) is 0 Å². The van der Waals surface area contributed by atoms with Gasteiger partial charge in [-0.2, -0.15) is 0 Å². The molecule has 0 aromatic rings. The first-order valence-electron chi connectivity index (χ1n) is 6.34. The van der Waals surface area contributed by atoms with E-state index in [1.807, 2.05) is 20.8 Å². The SMILES string of the molecule is CC(C)(C)OC(=O)N1CC[C@]2(CCNC(=O)N2)C1. The van der Waals surface area contributed by atoms with Crippen molar-refractivity contribution in [1.29, 1.82) is 0 Å². The highest BCUT2D eigenvalue weighted by molar-refractivity contribution is 5.76. The second-order valence-electron chi connectivity index (χ2n) is 6.06. The Bertz CT molecular complexity index is 364. The first-order chi connectivity index (χ1) is 8.30. The summed E-state index contributed by atoms with van der Waals surface area (Å²) in [6.07, 6.45) is 1.34. The van der Waals surface area contributed by atoms with E-state index in [4.69, 9.17) is 4.74 Å². The minimum absolute atomic E-state index is 0.146. The molecule has 2 fully saturated rings. The van der Waals surface area contributed by atoms with Gasteiger partial charge in [0, 0.05) is 19.6 Å². The molecule has 2 saturated heterocycles. The number of amides is 3. The van der Waals surface area contributed by atoms with E-state index in [9.17, 15) is 9.59 Å². The number of hydrogen-bond donors (Lipinski definition) is 2. The zero-order chi connectivity index (χ0) is 13.4. The molecule has 0 radical (unpaired) electrons. The molecular weight excluding hydrogens is 234 g/mol. The van der Waals surface area contributed by atoms with Crippen molar-refractivity contribution in [3.8, 4) is 0 Å². The number of likely N-dealkylation sites (tertiary alicyclic amines) is 1. The molecule has 0 bridgehead atoms. The summed E-state index contributed by atoms with van der Waals surface area (Å²) >= 11 is 0. The molecule has 0 unspecified atom stereocenters. The van der Waals surface area contributed by atoms with E-state index < -0.39 is 5.60 Å². The topological polar surface area (TPSA) is 70.7 Å². The van der Waals surface area contributed by atoms with Gasteiger partial charge in [-0.1, -0.05) is 0 Å². The predicted octanol–water partition coefficient (Wildman–Crippen LogP) is 1.07. The van der Waals surface area contributed by atoms with Crippen LogP contribution in [0, 0.1) is 0 Å². The normalized spacial score (nSPS) is 27.9. The van der Waals surface area contributed by atoms with Crippen molar-refractivity contribution < 1.29 is 14.3 Å². The fraction of sp³-hybridized carbons (Fsp3) is 0.833. The maximum atomic E-state index is 11.9. The summed E-state index contributed by atoms with van der Waals surface area (Å²) in [6, 6.07) is -0.146. The van der Waals surface area contributed by atoms with Crippen LogP contribution in [0.1, 0.15) is 33.6 Å². The summed E-state index contributed by atoms with van der Waals surface area (Å²) in [7, 11) is 0. The third-order valence-electron chi connectivity index (χ3n) is 3.27. The van der Waals surface area contributed by atoms with Crippen LogP contribution in [-0.2, 0) is 4.74 Å². The molecule has 0 aromatic heterocycles. The fourth-order valence-corrected chi connectivity index (χ4v) is 2.42. The first kappa shape index (κ1) is 13.0. The highest BCUT2D eigenvalue weighted by Gasteiger charge is 2.43. The lowest BCUT2D eigenvalue weighted by molar-refractivity contribution is 0.0278. The number of urea groups is 1. The van der Waals surface area contributed by atoms with E-state index in [2.05, 4.69) is 10.6 Å². The van der Waals surface area contributed by atoms with Gasteiger partial charge in [0.25, 0.3) is 0 Å². The first-order valence-corrected chi connectivity index (χ1v) is 6.34. The smallest absolute Gasteiger partial charge is 0.410 e. The summed E-state index contributed by atoms with van der Waals surface area (Å²) in [5.41, 5.74) is -0.747. The monoisotopic (exact) mass is 255 g/mol. The molecule has 2 aliphatic heterocycles. The van der Waals surface area contributed by atoms with Crippen LogP contribution in [0.15, 0.2) is 0 Å². The molecule has 2 heterocycles. The standard InChI is InChI=1S/C12H21N3O3/c1-11(2,3)18-10(17)15-7-5-12(8-15)4-6-13-9(16)14-12/h4-8H2,1-3H3,(H2,13,14,16)/t12-/m1/s1. The van der Waals surface area contributed by atoms with E-state index in [1.54, 1.807) is 4.90 Å². The maximum Gasteiger partial charge on any atom is 0.410 e. The molecule has 0 aliphatic carbocycles. The lowest BCUT2D eigenvalue weighted by atomic mass is 9.93. The van der Waals surface area contributed by atoms with Crippen molar-refractivity contribution in [2.75, 3.05) is 19.6 Å². The van der Waals surface area contributed by atoms with Crippen LogP contribution in [0.4, 0.5) is 9.59 Å². The van der Waals surface area contributed by atoms with Gasteiger partial charge in [-0.25, -0.2) is 9.59 Å². The van der Waals surface area contributed by atoms with Crippen LogP contribution >= 0.6 is 0 Å². The minimum Gasteiger partial charge on any atom is -0.444 e. The molecule has 0 aromatic carbocycles. The van der Waals surface area contributed by atoms with E-state index in [-0.39, 0.29) is 17.7 Å².